The first-order valence-corrected chi connectivity index (χ1v) is 10.0. The molecule has 0 aliphatic carbocycles. The standard InChI is InChI=1S/C20H12Cl6O/c21-15-11-19(25)17(23)9-13(15)5-1-3-7-27-8-4-2-6-14-10-18(24)20(26)12-16(14)22/h9-12H,1-2,5-6H2. The van der Waals surface area contributed by atoms with Crippen molar-refractivity contribution in [1.82, 2.24) is 0 Å². The molecule has 0 heterocycles. The van der Waals surface area contributed by atoms with Crippen LogP contribution in [-0.4, -0.2) is 0 Å². The molecule has 0 amide bonds. The summed E-state index contributed by atoms with van der Waals surface area (Å²) in [6, 6.07) is 6.72. The summed E-state index contributed by atoms with van der Waals surface area (Å²) in [7, 11) is 0. The van der Waals surface area contributed by atoms with Crippen molar-refractivity contribution < 1.29 is 4.74 Å². The topological polar surface area (TPSA) is 9.23 Å². The first kappa shape index (κ1) is 22.4. The Morgan fingerprint density at radius 2 is 0.926 bits per heavy atom. The number of halogens is 6. The molecule has 27 heavy (non-hydrogen) atoms. The van der Waals surface area contributed by atoms with E-state index in [0.717, 1.165) is 11.1 Å². The molecular formula is C20H12Cl6O. The van der Waals surface area contributed by atoms with Crippen LogP contribution in [0.5, 0.6) is 0 Å². The number of hydrogen-bond donors (Lipinski definition) is 0. The average molecular weight is 481 g/mol. The summed E-state index contributed by atoms with van der Waals surface area (Å²) in [4.78, 5) is 0. The van der Waals surface area contributed by atoms with Gasteiger partial charge in [-0.3, -0.25) is 0 Å². The molecule has 0 atom stereocenters. The van der Waals surface area contributed by atoms with E-state index in [0.29, 0.717) is 55.8 Å². The smallest absolute Gasteiger partial charge is 0.129 e. The summed E-state index contributed by atoms with van der Waals surface area (Å²) in [5.74, 6) is 5.73. The molecule has 7 heteroatoms. The molecule has 0 saturated carbocycles. The molecule has 0 aliphatic rings. The summed E-state index contributed by atoms with van der Waals surface area (Å²) < 4.78 is 4.97. The van der Waals surface area contributed by atoms with Crippen LogP contribution in [0.3, 0.4) is 0 Å². The molecule has 0 saturated heterocycles. The van der Waals surface area contributed by atoms with E-state index in [9.17, 15) is 0 Å². The molecule has 0 aliphatic heterocycles. The molecule has 0 fully saturated rings. The lowest BCUT2D eigenvalue weighted by Gasteiger charge is -2.04. The second-order valence-corrected chi connectivity index (χ2v) is 7.82. The minimum atomic E-state index is 0.428. The highest BCUT2D eigenvalue weighted by Gasteiger charge is 2.06. The van der Waals surface area contributed by atoms with Crippen molar-refractivity contribution >= 4 is 69.6 Å². The molecule has 0 spiro atoms. The molecule has 2 aromatic carbocycles. The zero-order valence-electron chi connectivity index (χ0n) is 13.8. The lowest BCUT2D eigenvalue weighted by Crippen LogP contribution is -1.87. The van der Waals surface area contributed by atoms with Crippen LogP contribution in [0.25, 0.3) is 0 Å². The van der Waals surface area contributed by atoms with E-state index < -0.39 is 0 Å². The van der Waals surface area contributed by atoms with Crippen molar-refractivity contribution in [2.24, 2.45) is 0 Å². The third-order valence-corrected chi connectivity index (χ3v) is 5.61. The molecule has 2 aromatic rings. The highest BCUT2D eigenvalue weighted by Crippen LogP contribution is 2.30. The van der Waals surface area contributed by atoms with Crippen LogP contribution in [0, 0.1) is 24.1 Å². The van der Waals surface area contributed by atoms with Crippen molar-refractivity contribution in [3.63, 3.8) is 0 Å². The number of benzene rings is 2. The van der Waals surface area contributed by atoms with Crippen LogP contribution in [0.1, 0.15) is 24.0 Å². The van der Waals surface area contributed by atoms with Gasteiger partial charge in [-0.15, -0.1) is 0 Å². The Morgan fingerprint density at radius 3 is 1.33 bits per heavy atom. The quantitative estimate of drug-likeness (QED) is 0.317. The molecule has 2 rings (SSSR count). The first-order chi connectivity index (χ1) is 12.9. The summed E-state index contributed by atoms with van der Waals surface area (Å²) in [5, 5.41) is 2.91. The van der Waals surface area contributed by atoms with Crippen LogP contribution in [-0.2, 0) is 17.6 Å². The Morgan fingerprint density at radius 1 is 0.556 bits per heavy atom. The molecule has 140 valence electrons. The monoisotopic (exact) mass is 478 g/mol. The van der Waals surface area contributed by atoms with Gasteiger partial charge < -0.3 is 4.74 Å². The maximum Gasteiger partial charge on any atom is 0.129 e. The van der Waals surface area contributed by atoms with Crippen molar-refractivity contribution in [1.29, 1.82) is 0 Å². The summed E-state index contributed by atoms with van der Waals surface area (Å²) in [6.45, 7) is 0. The van der Waals surface area contributed by atoms with E-state index in [2.05, 4.69) is 24.1 Å². The molecule has 1 nitrogen and oxygen atoms in total. The Balaban J connectivity index is 1.76. The Bertz CT molecular complexity index is 869. The van der Waals surface area contributed by atoms with Gasteiger partial charge in [-0.1, -0.05) is 81.4 Å². The van der Waals surface area contributed by atoms with Gasteiger partial charge in [0.25, 0.3) is 0 Å². The highest BCUT2D eigenvalue weighted by atomic mass is 35.5. The normalized spacial score (nSPS) is 9.85. The molecule has 0 aromatic heterocycles. The third kappa shape index (κ3) is 7.21. The van der Waals surface area contributed by atoms with Gasteiger partial charge in [0.1, 0.15) is 12.2 Å². The predicted molar refractivity (Wildman–Crippen MR) is 116 cm³/mol. The molecule has 0 unspecified atom stereocenters. The highest BCUT2D eigenvalue weighted by molar-refractivity contribution is 6.44. The fourth-order valence-electron chi connectivity index (χ4n) is 2.10. The largest absolute Gasteiger partial charge is 0.357 e. The van der Waals surface area contributed by atoms with Gasteiger partial charge in [-0.25, -0.2) is 0 Å². The van der Waals surface area contributed by atoms with Crippen LogP contribution < -0.4 is 0 Å². The van der Waals surface area contributed by atoms with Crippen LogP contribution in [0.15, 0.2) is 24.3 Å². The number of rotatable bonds is 4. The summed E-state index contributed by atoms with van der Waals surface area (Å²) >= 11 is 36.0. The van der Waals surface area contributed by atoms with E-state index in [-0.39, 0.29) is 0 Å². The summed E-state index contributed by atoms with van der Waals surface area (Å²) in [6.07, 6.45) is 7.45. The van der Waals surface area contributed by atoms with Crippen LogP contribution in [0.4, 0.5) is 0 Å². The lowest BCUT2D eigenvalue weighted by molar-refractivity contribution is 0.477. The molecule has 0 bridgehead atoms. The Hall–Kier alpha value is -0.900. The van der Waals surface area contributed by atoms with Crippen molar-refractivity contribution in [3.8, 4) is 24.1 Å². The van der Waals surface area contributed by atoms with Gasteiger partial charge in [-0.2, -0.15) is 0 Å². The minimum absolute atomic E-state index is 0.428. The van der Waals surface area contributed by atoms with Gasteiger partial charge in [0, 0.05) is 22.9 Å². The second kappa shape index (κ2) is 11.2. The first-order valence-electron chi connectivity index (χ1n) is 7.77. The van der Waals surface area contributed by atoms with E-state index in [4.69, 9.17) is 74.3 Å². The SMILES string of the molecule is Clc1cc(Cl)c(CCC#COC#CCCc2cc(Cl)c(Cl)cc2Cl)cc1Cl. The van der Waals surface area contributed by atoms with Gasteiger partial charge >= 0.3 is 0 Å². The number of hydrogen-bond acceptors (Lipinski definition) is 1. The van der Waals surface area contributed by atoms with Gasteiger partial charge in [0.2, 0.25) is 0 Å². The minimum Gasteiger partial charge on any atom is -0.357 e. The third-order valence-electron chi connectivity index (χ3n) is 3.46. The molecule has 0 radical (unpaired) electrons. The Labute approximate surface area is 188 Å². The van der Waals surface area contributed by atoms with Gasteiger partial charge in [0.15, 0.2) is 0 Å². The fourth-order valence-corrected chi connectivity index (χ4v) is 3.43. The summed E-state index contributed by atoms with van der Waals surface area (Å²) in [5.41, 5.74) is 1.76. The number of ether oxygens (including phenoxy) is 1. The zero-order chi connectivity index (χ0) is 19.8. The predicted octanol–water partition coefficient (Wildman–Crippen LogP) is 8.11. The van der Waals surface area contributed by atoms with E-state index in [1.807, 2.05) is 0 Å². The van der Waals surface area contributed by atoms with Crippen molar-refractivity contribution in [2.45, 2.75) is 25.7 Å². The lowest BCUT2D eigenvalue weighted by atomic mass is 10.1. The molecular weight excluding hydrogens is 469 g/mol. The van der Waals surface area contributed by atoms with E-state index in [1.54, 1.807) is 24.3 Å². The van der Waals surface area contributed by atoms with Crippen molar-refractivity contribution in [2.75, 3.05) is 0 Å². The van der Waals surface area contributed by atoms with E-state index in [1.165, 1.54) is 0 Å². The zero-order valence-corrected chi connectivity index (χ0v) is 18.3. The van der Waals surface area contributed by atoms with Crippen molar-refractivity contribution in [3.05, 3.63) is 65.5 Å². The number of aryl methyl sites for hydroxylation is 2. The van der Waals surface area contributed by atoms with Gasteiger partial charge in [-0.05, 0) is 48.2 Å². The molecule has 0 N–H and O–H groups in total. The Kier molecular flexibility index (Phi) is 9.28. The maximum absolute atomic E-state index is 6.11. The van der Waals surface area contributed by atoms with Crippen LogP contribution >= 0.6 is 69.6 Å². The van der Waals surface area contributed by atoms with Gasteiger partial charge in [0.05, 0.1) is 20.1 Å². The van der Waals surface area contributed by atoms with E-state index >= 15 is 0 Å². The maximum atomic E-state index is 6.11. The second-order valence-electron chi connectivity index (χ2n) is 5.38. The van der Waals surface area contributed by atoms with Crippen LogP contribution in [0.2, 0.25) is 30.1 Å². The fraction of sp³-hybridized carbons (Fsp3) is 0.200. The average Bonchev–Trinajstić information content (AvgIpc) is 2.61.